The fourth-order valence-electron chi connectivity index (χ4n) is 3.32. The number of hydrogen-bond donors (Lipinski definition) is 1. The lowest BCUT2D eigenvalue weighted by atomic mass is 9.97. The van der Waals surface area contributed by atoms with Crippen molar-refractivity contribution in [3.05, 3.63) is 29.3 Å². The summed E-state index contributed by atoms with van der Waals surface area (Å²) in [5.74, 6) is 0.189. The van der Waals surface area contributed by atoms with Crippen molar-refractivity contribution in [2.75, 3.05) is 18.4 Å². The summed E-state index contributed by atoms with van der Waals surface area (Å²) in [6.45, 7) is 6.19. The van der Waals surface area contributed by atoms with Gasteiger partial charge in [0.25, 0.3) is 5.91 Å². The summed E-state index contributed by atoms with van der Waals surface area (Å²) in [5, 5.41) is 3.42. The van der Waals surface area contributed by atoms with Crippen molar-refractivity contribution in [3.63, 3.8) is 0 Å². The fraction of sp³-hybridized carbons (Fsp3) is 0.562. The molecule has 1 fully saturated rings. The van der Waals surface area contributed by atoms with Gasteiger partial charge in [-0.15, -0.1) is 0 Å². The summed E-state index contributed by atoms with van der Waals surface area (Å²) < 4.78 is 0. The molecule has 2 aliphatic heterocycles. The summed E-state index contributed by atoms with van der Waals surface area (Å²) in [5.41, 5.74) is 3.21. The molecule has 3 rings (SSSR count). The first-order chi connectivity index (χ1) is 9.09. The zero-order valence-electron chi connectivity index (χ0n) is 11.8. The van der Waals surface area contributed by atoms with Crippen molar-refractivity contribution in [3.8, 4) is 0 Å². The summed E-state index contributed by atoms with van der Waals surface area (Å²) in [6, 6.07) is 6.11. The number of rotatable bonds is 1. The van der Waals surface area contributed by atoms with Crippen molar-refractivity contribution in [2.45, 2.75) is 45.1 Å². The number of anilines is 1. The minimum Gasteiger partial charge on any atom is -0.384 e. The highest BCUT2D eigenvalue weighted by Gasteiger charge is 2.36. The number of nitrogens with zero attached hydrogens (tertiary/aromatic N) is 1. The molecule has 0 radical (unpaired) electrons. The molecule has 19 heavy (non-hydrogen) atoms. The van der Waals surface area contributed by atoms with Crippen molar-refractivity contribution in [2.24, 2.45) is 0 Å². The Morgan fingerprint density at radius 2 is 2.16 bits per heavy atom. The Kier molecular flexibility index (Phi) is 3.00. The van der Waals surface area contributed by atoms with Crippen LogP contribution in [0, 0.1) is 0 Å². The van der Waals surface area contributed by atoms with Crippen molar-refractivity contribution < 1.29 is 4.79 Å². The first kappa shape index (κ1) is 12.5. The number of hydrogen-bond acceptors (Lipinski definition) is 2. The molecule has 102 valence electrons. The van der Waals surface area contributed by atoms with E-state index in [1.54, 1.807) is 0 Å². The second-order valence-electron chi connectivity index (χ2n) is 6.24. The first-order valence-corrected chi connectivity index (χ1v) is 7.27. The van der Waals surface area contributed by atoms with Crippen molar-refractivity contribution >= 4 is 11.6 Å². The zero-order valence-corrected chi connectivity index (χ0v) is 11.8. The number of nitrogens with one attached hydrogen (secondary N) is 1. The van der Waals surface area contributed by atoms with Gasteiger partial charge in [0, 0.05) is 18.6 Å². The van der Waals surface area contributed by atoms with E-state index in [0.29, 0.717) is 0 Å². The number of para-hydroxylation sites is 1. The summed E-state index contributed by atoms with van der Waals surface area (Å²) in [4.78, 5) is 14.9. The average molecular weight is 258 g/mol. The second kappa shape index (κ2) is 4.55. The molecule has 0 aliphatic carbocycles. The molecule has 0 spiro atoms. The number of amides is 1. The van der Waals surface area contributed by atoms with Gasteiger partial charge in [-0.1, -0.05) is 12.1 Å². The van der Waals surface area contributed by atoms with Gasteiger partial charge in [-0.05, 0) is 51.2 Å². The lowest BCUT2D eigenvalue weighted by Crippen LogP contribution is -2.43. The third-order valence-electron chi connectivity index (χ3n) is 4.45. The Balaban J connectivity index is 1.96. The highest BCUT2D eigenvalue weighted by Crippen LogP contribution is 2.33. The first-order valence-electron chi connectivity index (χ1n) is 7.27. The molecule has 3 nitrogen and oxygen atoms in total. The summed E-state index contributed by atoms with van der Waals surface area (Å²) >= 11 is 0. The minimum atomic E-state index is -0.00548. The van der Waals surface area contributed by atoms with Crippen LogP contribution in [0.4, 0.5) is 5.69 Å². The average Bonchev–Trinajstić information content (AvgIpc) is 2.77. The molecule has 2 heterocycles. The van der Waals surface area contributed by atoms with Crippen molar-refractivity contribution in [1.82, 2.24) is 4.90 Å². The lowest BCUT2D eigenvalue weighted by Gasteiger charge is -2.33. The summed E-state index contributed by atoms with van der Waals surface area (Å²) in [6.07, 6.45) is 4.44. The maximum atomic E-state index is 12.8. The van der Waals surface area contributed by atoms with Crippen LogP contribution in [0.25, 0.3) is 0 Å². The summed E-state index contributed by atoms with van der Waals surface area (Å²) in [7, 11) is 0. The molecule has 1 saturated heterocycles. The Morgan fingerprint density at radius 1 is 1.32 bits per heavy atom. The van der Waals surface area contributed by atoms with Crippen LogP contribution in [0.2, 0.25) is 0 Å². The van der Waals surface area contributed by atoms with Gasteiger partial charge in [0.2, 0.25) is 0 Å². The Labute approximate surface area is 115 Å². The van der Waals surface area contributed by atoms with E-state index < -0.39 is 0 Å². The topological polar surface area (TPSA) is 32.3 Å². The number of benzene rings is 1. The Hall–Kier alpha value is -1.51. The molecule has 3 heteroatoms. The maximum absolute atomic E-state index is 12.8. The highest BCUT2D eigenvalue weighted by molar-refractivity contribution is 6.01. The molecule has 1 aromatic carbocycles. The minimum absolute atomic E-state index is 0.00548. The van der Waals surface area contributed by atoms with E-state index in [1.807, 2.05) is 17.0 Å². The van der Waals surface area contributed by atoms with Crippen LogP contribution in [-0.4, -0.2) is 29.4 Å². The van der Waals surface area contributed by atoms with Crippen LogP contribution < -0.4 is 5.32 Å². The largest absolute Gasteiger partial charge is 0.384 e. The van der Waals surface area contributed by atoms with Gasteiger partial charge in [0.05, 0.1) is 11.3 Å². The van der Waals surface area contributed by atoms with Gasteiger partial charge in [0.15, 0.2) is 0 Å². The Bertz CT molecular complexity index is 507. The molecule has 0 bridgehead atoms. The molecule has 1 amide bonds. The van der Waals surface area contributed by atoms with Crippen LogP contribution in [0.15, 0.2) is 18.2 Å². The van der Waals surface area contributed by atoms with Crippen LogP contribution in [0.3, 0.4) is 0 Å². The number of carbonyl (C=O) groups excluding carboxylic acids is 1. The molecule has 0 saturated carbocycles. The van der Waals surface area contributed by atoms with E-state index in [2.05, 4.69) is 25.2 Å². The predicted octanol–water partition coefficient (Wildman–Crippen LogP) is 3.06. The highest BCUT2D eigenvalue weighted by atomic mass is 16.2. The van der Waals surface area contributed by atoms with Gasteiger partial charge in [0.1, 0.15) is 0 Å². The number of fused-ring (bicyclic) bond motifs is 1. The molecule has 0 aromatic heterocycles. The van der Waals surface area contributed by atoms with E-state index >= 15 is 0 Å². The number of carbonyl (C=O) groups is 1. The third kappa shape index (κ3) is 2.11. The normalized spacial score (nSPS) is 20.8. The molecule has 1 N–H and O–H groups in total. The van der Waals surface area contributed by atoms with Crippen LogP contribution in [0.1, 0.15) is 49.0 Å². The SMILES string of the molecule is CC1(C)CCCN1C(=O)c1cccc2c1NCCC2. The van der Waals surface area contributed by atoms with Gasteiger partial charge < -0.3 is 10.2 Å². The lowest BCUT2D eigenvalue weighted by molar-refractivity contribution is 0.0653. The van der Waals surface area contributed by atoms with Gasteiger partial charge >= 0.3 is 0 Å². The van der Waals surface area contributed by atoms with E-state index in [-0.39, 0.29) is 11.4 Å². The maximum Gasteiger partial charge on any atom is 0.256 e. The zero-order chi connectivity index (χ0) is 13.5. The second-order valence-corrected chi connectivity index (χ2v) is 6.24. The van der Waals surface area contributed by atoms with Gasteiger partial charge in [-0.3, -0.25) is 4.79 Å². The van der Waals surface area contributed by atoms with Crippen LogP contribution >= 0.6 is 0 Å². The molecular formula is C16H22N2O. The molecule has 0 unspecified atom stereocenters. The number of aryl methyl sites for hydroxylation is 1. The molecule has 2 aliphatic rings. The standard InChI is InChI=1S/C16H22N2O/c1-16(2)9-5-11-18(16)15(19)13-8-3-6-12-7-4-10-17-14(12)13/h3,6,8,17H,4-5,7,9-11H2,1-2H3. The monoisotopic (exact) mass is 258 g/mol. The molecule has 0 atom stereocenters. The smallest absolute Gasteiger partial charge is 0.256 e. The molecular weight excluding hydrogens is 236 g/mol. The number of likely N-dealkylation sites (tertiary alicyclic amines) is 1. The van der Waals surface area contributed by atoms with E-state index in [1.165, 1.54) is 5.56 Å². The van der Waals surface area contributed by atoms with E-state index in [0.717, 1.165) is 50.0 Å². The third-order valence-corrected chi connectivity index (χ3v) is 4.45. The van der Waals surface area contributed by atoms with Gasteiger partial charge in [-0.2, -0.15) is 0 Å². The predicted molar refractivity (Wildman–Crippen MR) is 77.6 cm³/mol. The molecule has 1 aromatic rings. The van der Waals surface area contributed by atoms with Crippen molar-refractivity contribution in [1.29, 1.82) is 0 Å². The van der Waals surface area contributed by atoms with E-state index in [4.69, 9.17) is 0 Å². The Morgan fingerprint density at radius 3 is 2.89 bits per heavy atom. The van der Waals surface area contributed by atoms with E-state index in [9.17, 15) is 4.79 Å². The van der Waals surface area contributed by atoms with Gasteiger partial charge in [-0.25, -0.2) is 0 Å². The quantitative estimate of drug-likeness (QED) is 0.839. The fourth-order valence-corrected chi connectivity index (χ4v) is 3.32. The van der Waals surface area contributed by atoms with Crippen LogP contribution in [-0.2, 0) is 6.42 Å². The van der Waals surface area contributed by atoms with Crippen LogP contribution in [0.5, 0.6) is 0 Å².